The maximum atomic E-state index is 14.5. The summed E-state index contributed by atoms with van der Waals surface area (Å²) in [5.74, 6) is -0.959. The molecule has 0 bridgehead atoms. The summed E-state index contributed by atoms with van der Waals surface area (Å²) in [6, 6.07) is 26.7. The van der Waals surface area contributed by atoms with Gasteiger partial charge in [-0.25, -0.2) is 12.8 Å². The number of anilines is 1. The Morgan fingerprint density at radius 3 is 2.02 bits per heavy atom. The van der Waals surface area contributed by atoms with Crippen LogP contribution in [0.15, 0.2) is 108 Å². The van der Waals surface area contributed by atoms with Gasteiger partial charge in [0.05, 0.1) is 17.7 Å². The highest BCUT2D eigenvalue weighted by Crippen LogP contribution is 2.27. The molecule has 0 aromatic heterocycles. The average Bonchev–Trinajstić information content (AvgIpc) is 3.02. The Kier molecular flexibility index (Phi) is 10.8. The number of hydrogen-bond acceptors (Lipinski definition) is 5. The number of carbonyl (C=O) groups excluding carboxylic acids is 2. The van der Waals surface area contributed by atoms with Crippen molar-refractivity contribution in [3.8, 4) is 5.75 Å². The number of halogens is 1. The number of hydrogen-bond donors (Lipinski definition) is 1. The normalized spacial score (nSPS) is 12.2. The summed E-state index contributed by atoms with van der Waals surface area (Å²) in [4.78, 5) is 29.8. The van der Waals surface area contributed by atoms with Crippen molar-refractivity contribution in [1.29, 1.82) is 0 Å². The topological polar surface area (TPSA) is 96.0 Å². The summed E-state index contributed by atoms with van der Waals surface area (Å²) in [5.41, 5.74) is 1.99. The Morgan fingerprint density at radius 2 is 1.46 bits per heavy atom. The number of benzene rings is 4. The Morgan fingerprint density at radius 1 is 0.848 bits per heavy atom. The molecule has 1 N–H and O–H groups in total. The Bertz CT molecular complexity index is 1720. The van der Waals surface area contributed by atoms with Gasteiger partial charge in [0.15, 0.2) is 0 Å². The van der Waals surface area contributed by atoms with Crippen molar-refractivity contribution in [2.75, 3.05) is 18.0 Å². The zero-order valence-corrected chi connectivity index (χ0v) is 27.6. The number of carbonyl (C=O) groups is 2. The Balaban J connectivity index is 1.81. The molecule has 46 heavy (non-hydrogen) atoms. The lowest BCUT2D eigenvalue weighted by molar-refractivity contribution is -0.140. The molecule has 4 aromatic rings. The van der Waals surface area contributed by atoms with Gasteiger partial charge in [-0.05, 0) is 87.4 Å². The van der Waals surface area contributed by atoms with Gasteiger partial charge in [0, 0.05) is 18.5 Å². The van der Waals surface area contributed by atoms with Crippen LogP contribution in [0.1, 0.15) is 37.5 Å². The maximum Gasteiger partial charge on any atom is 0.264 e. The number of rotatable bonds is 12. The number of nitrogens with one attached hydrogen (secondary N) is 1. The monoisotopic (exact) mass is 645 g/mol. The third kappa shape index (κ3) is 8.94. The fourth-order valence-corrected chi connectivity index (χ4v) is 6.32. The van der Waals surface area contributed by atoms with Crippen molar-refractivity contribution in [2.24, 2.45) is 0 Å². The van der Waals surface area contributed by atoms with Crippen LogP contribution in [-0.2, 0) is 32.6 Å². The van der Waals surface area contributed by atoms with Crippen LogP contribution in [0.25, 0.3) is 0 Å². The van der Waals surface area contributed by atoms with Gasteiger partial charge in [-0.2, -0.15) is 0 Å². The molecule has 10 heteroatoms. The van der Waals surface area contributed by atoms with Gasteiger partial charge < -0.3 is 15.0 Å². The molecule has 0 aliphatic rings. The second-order valence-corrected chi connectivity index (χ2v) is 14.0. The first-order valence-electron chi connectivity index (χ1n) is 14.9. The van der Waals surface area contributed by atoms with Gasteiger partial charge >= 0.3 is 0 Å². The first-order chi connectivity index (χ1) is 21.8. The Labute approximate surface area is 270 Å². The molecule has 0 fully saturated rings. The highest BCUT2D eigenvalue weighted by atomic mass is 32.2. The van der Waals surface area contributed by atoms with E-state index in [0.717, 1.165) is 15.4 Å². The lowest BCUT2D eigenvalue weighted by atomic mass is 10.0. The second-order valence-electron chi connectivity index (χ2n) is 12.1. The molecular weight excluding hydrogens is 605 g/mol. The molecular formula is C36H40FN3O5S. The molecule has 0 unspecified atom stereocenters. The quantitative estimate of drug-likeness (QED) is 0.207. The van der Waals surface area contributed by atoms with Gasteiger partial charge in [0.25, 0.3) is 10.0 Å². The van der Waals surface area contributed by atoms with E-state index in [1.807, 2.05) is 58.0 Å². The van der Waals surface area contributed by atoms with E-state index in [-0.39, 0.29) is 23.5 Å². The Hall–Kier alpha value is -4.70. The van der Waals surface area contributed by atoms with Gasteiger partial charge in [-0.1, -0.05) is 60.2 Å². The van der Waals surface area contributed by atoms with E-state index in [0.29, 0.717) is 11.3 Å². The molecule has 0 aliphatic heterocycles. The summed E-state index contributed by atoms with van der Waals surface area (Å²) < 4.78 is 48.4. The van der Waals surface area contributed by atoms with Crippen molar-refractivity contribution < 1.29 is 27.1 Å². The fraction of sp³-hybridized carbons (Fsp3) is 0.278. The first-order valence-corrected chi connectivity index (χ1v) is 16.3. The minimum absolute atomic E-state index is 0.0296. The summed E-state index contributed by atoms with van der Waals surface area (Å²) >= 11 is 0. The molecule has 0 spiro atoms. The van der Waals surface area contributed by atoms with E-state index in [2.05, 4.69) is 5.32 Å². The third-order valence-electron chi connectivity index (χ3n) is 7.28. The van der Waals surface area contributed by atoms with Gasteiger partial charge in [-0.3, -0.25) is 13.9 Å². The van der Waals surface area contributed by atoms with Crippen LogP contribution in [0.2, 0.25) is 0 Å². The first kappa shape index (κ1) is 34.2. The van der Waals surface area contributed by atoms with Crippen molar-refractivity contribution in [3.63, 3.8) is 0 Å². The smallest absolute Gasteiger partial charge is 0.264 e. The van der Waals surface area contributed by atoms with E-state index in [9.17, 15) is 22.4 Å². The fourth-order valence-electron chi connectivity index (χ4n) is 4.91. The summed E-state index contributed by atoms with van der Waals surface area (Å²) in [6.07, 6.45) is 0.172. The van der Waals surface area contributed by atoms with E-state index in [4.69, 9.17) is 4.74 Å². The summed E-state index contributed by atoms with van der Waals surface area (Å²) in [5, 5.41) is 2.99. The largest absolute Gasteiger partial charge is 0.497 e. The maximum absolute atomic E-state index is 14.5. The predicted molar refractivity (Wildman–Crippen MR) is 177 cm³/mol. The number of ether oxygens (including phenoxy) is 1. The molecule has 1 atom stereocenters. The van der Waals surface area contributed by atoms with E-state index in [1.165, 1.54) is 48.4 Å². The highest BCUT2D eigenvalue weighted by molar-refractivity contribution is 7.92. The summed E-state index contributed by atoms with van der Waals surface area (Å²) in [6.45, 7) is 6.76. The van der Waals surface area contributed by atoms with Crippen LogP contribution in [0.5, 0.6) is 5.75 Å². The average molecular weight is 646 g/mol. The molecule has 4 rings (SSSR count). The standard InChI is InChI=1S/C36H40FN3O5S/c1-26-11-17-30(18-12-26)40(46(43,44)32-21-19-31(45-5)20-22-32)25-34(41)39(24-28-13-15-29(37)16-14-28)33(35(42)38-36(2,3)4)23-27-9-7-6-8-10-27/h6-22,33H,23-25H2,1-5H3,(H,38,42)/t33-/m1/s1. The van der Waals surface area contributed by atoms with Crippen LogP contribution in [-0.4, -0.2) is 50.4 Å². The van der Waals surface area contributed by atoms with Gasteiger partial charge in [0.1, 0.15) is 24.2 Å². The van der Waals surface area contributed by atoms with Gasteiger partial charge in [-0.15, -0.1) is 0 Å². The van der Waals surface area contributed by atoms with Crippen molar-refractivity contribution in [3.05, 3.63) is 126 Å². The highest BCUT2D eigenvalue weighted by Gasteiger charge is 2.35. The van der Waals surface area contributed by atoms with E-state index in [1.54, 1.807) is 36.4 Å². The second kappa shape index (κ2) is 14.6. The van der Waals surface area contributed by atoms with Crippen molar-refractivity contribution >= 4 is 27.5 Å². The summed E-state index contributed by atoms with van der Waals surface area (Å²) in [7, 11) is -2.77. The molecule has 2 amide bonds. The molecule has 0 radical (unpaired) electrons. The molecule has 4 aromatic carbocycles. The van der Waals surface area contributed by atoms with E-state index >= 15 is 0 Å². The SMILES string of the molecule is COc1ccc(S(=O)(=O)N(CC(=O)N(Cc2ccc(F)cc2)[C@H](Cc2ccccc2)C(=O)NC(C)(C)C)c2ccc(C)cc2)cc1. The van der Waals surface area contributed by atoms with Crippen molar-refractivity contribution in [1.82, 2.24) is 10.2 Å². The third-order valence-corrected chi connectivity index (χ3v) is 9.07. The van der Waals surface area contributed by atoms with Crippen LogP contribution >= 0.6 is 0 Å². The predicted octanol–water partition coefficient (Wildman–Crippen LogP) is 5.89. The molecule has 8 nitrogen and oxygen atoms in total. The van der Waals surface area contributed by atoms with Crippen LogP contribution in [0, 0.1) is 12.7 Å². The number of aryl methyl sites for hydroxylation is 1. The molecule has 242 valence electrons. The minimum Gasteiger partial charge on any atom is -0.497 e. The lowest BCUT2D eigenvalue weighted by Gasteiger charge is -2.35. The zero-order chi connectivity index (χ0) is 33.5. The minimum atomic E-state index is -4.25. The number of sulfonamides is 1. The number of methoxy groups -OCH3 is 1. The molecule has 0 saturated carbocycles. The van der Waals surface area contributed by atoms with Crippen LogP contribution < -0.4 is 14.4 Å². The van der Waals surface area contributed by atoms with Crippen LogP contribution in [0.3, 0.4) is 0 Å². The molecule has 0 aliphatic carbocycles. The van der Waals surface area contributed by atoms with Crippen molar-refractivity contribution in [2.45, 2.75) is 57.1 Å². The molecule has 0 heterocycles. The number of nitrogens with zero attached hydrogens (tertiary/aromatic N) is 2. The van der Waals surface area contributed by atoms with Gasteiger partial charge in [0.2, 0.25) is 11.8 Å². The number of amides is 2. The lowest BCUT2D eigenvalue weighted by Crippen LogP contribution is -2.56. The molecule has 0 saturated heterocycles. The van der Waals surface area contributed by atoms with Crippen LogP contribution in [0.4, 0.5) is 10.1 Å². The van der Waals surface area contributed by atoms with E-state index < -0.39 is 45.8 Å². The zero-order valence-electron chi connectivity index (χ0n) is 26.7.